The molecular formula is C21H21NO6S. The number of amides is 1. The van der Waals surface area contributed by atoms with Crippen LogP contribution in [0.4, 0.5) is 0 Å². The lowest BCUT2D eigenvalue weighted by atomic mass is 10.2. The second-order valence-electron chi connectivity index (χ2n) is 6.52. The summed E-state index contributed by atoms with van der Waals surface area (Å²) < 4.78 is 34.9. The van der Waals surface area contributed by atoms with Crippen LogP contribution in [0.3, 0.4) is 0 Å². The van der Waals surface area contributed by atoms with E-state index in [0.717, 1.165) is 11.0 Å². The summed E-state index contributed by atoms with van der Waals surface area (Å²) in [5.74, 6) is -1.06. The molecule has 0 aliphatic rings. The third-order valence-corrected chi connectivity index (χ3v) is 6.02. The van der Waals surface area contributed by atoms with Gasteiger partial charge in [-0.25, -0.2) is 8.42 Å². The lowest BCUT2D eigenvalue weighted by molar-refractivity contribution is -0.148. The zero-order valence-electron chi connectivity index (χ0n) is 15.8. The van der Waals surface area contributed by atoms with Gasteiger partial charge in [-0.1, -0.05) is 36.4 Å². The van der Waals surface area contributed by atoms with E-state index in [1.54, 1.807) is 25.1 Å². The number of sulfone groups is 1. The van der Waals surface area contributed by atoms with Crippen molar-refractivity contribution in [3.63, 3.8) is 0 Å². The Morgan fingerprint density at radius 2 is 1.76 bits per heavy atom. The maximum atomic E-state index is 12.2. The highest BCUT2D eigenvalue weighted by Gasteiger charge is 2.18. The van der Waals surface area contributed by atoms with Crippen LogP contribution in [0, 0.1) is 0 Å². The third kappa shape index (κ3) is 5.45. The summed E-state index contributed by atoms with van der Waals surface area (Å²) in [6, 6.07) is 16.8. The van der Waals surface area contributed by atoms with Crippen LogP contribution < -0.4 is 5.32 Å². The third-order valence-electron chi connectivity index (χ3n) is 4.29. The fraction of sp³-hybridized carbons (Fsp3) is 0.238. The molecule has 0 saturated heterocycles. The Bertz CT molecular complexity index is 1070. The van der Waals surface area contributed by atoms with Crippen molar-refractivity contribution < 1.29 is 27.2 Å². The molecule has 0 aliphatic carbocycles. The van der Waals surface area contributed by atoms with E-state index in [-0.39, 0.29) is 17.1 Å². The van der Waals surface area contributed by atoms with E-state index in [2.05, 4.69) is 5.32 Å². The molecule has 1 heterocycles. The lowest BCUT2D eigenvalue weighted by Crippen LogP contribution is -2.31. The van der Waals surface area contributed by atoms with E-state index < -0.39 is 34.4 Å². The summed E-state index contributed by atoms with van der Waals surface area (Å²) in [5.41, 5.74) is 0.717. The quantitative estimate of drug-likeness (QED) is 0.568. The van der Waals surface area contributed by atoms with Gasteiger partial charge in [0, 0.05) is 5.39 Å². The fourth-order valence-electron chi connectivity index (χ4n) is 2.75. The predicted octanol–water partition coefficient (Wildman–Crippen LogP) is 3.02. The molecule has 0 fully saturated rings. The van der Waals surface area contributed by atoms with Gasteiger partial charge in [-0.15, -0.1) is 0 Å². The number of rotatable bonds is 8. The molecule has 0 spiro atoms. The molecule has 3 aromatic rings. The predicted molar refractivity (Wildman–Crippen MR) is 107 cm³/mol. The van der Waals surface area contributed by atoms with Crippen LogP contribution in [0.1, 0.15) is 25.1 Å². The number of ether oxygens (including phenoxy) is 1. The van der Waals surface area contributed by atoms with Crippen LogP contribution in [0.15, 0.2) is 70.0 Å². The molecule has 1 N–H and O–H groups in total. The summed E-state index contributed by atoms with van der Waals surface area (Å²) >= 11 is 0. The number of nitrogens with one attached hydrogen (secondary N) is 1. The number of furan rings is 1. The number of carbonyl (C=O) groups excluding carboxylic acids is 2. The molecule has 3 rings (SSSR count). The summed E-state index contributed by atoms with van der Waals surface area (Å²) in [5, 5.41) is 3.61. The molecule has 2 aromatic carbocycles. The van der Waals surface area contributed by atoms with Crippen molar-refractivity contribution in [2.75, 3.05) is 12.4 Å². The molecule has 0 saturated carbocycles. The molecule has 0 aliphatic heterocycles. The summed E-state index contributed by atoms with van der Waals surface area (Å²) in [6.07, 6.45) is -0.330. The van der Waals surface area contributed by atoms with Crippen LogP contribution in [0.5, 0.6) is 0 Å². The first-order valence-electron chi connectivity index (χ1n) is 9.06. The Morgan fingerprint density at radius 3 is 2.48 bits per heavy atom. The second kappa shape index (κ2) is 8.91. The van der Waals surface area contributed by atoms with E-state index in [9.17, 15) is 18.0 Å². The highest BCUT2D eigenvalue weighted by atomic mass is 32.2. The molecule has 1 amide bonds. The normalized spacial score (nSPS) is 12.4. The first-order valence-corrected chi connectivity index (χ1v) is 10.7. The number of esters is 1. The maximum absolute atomic E-state index is 12.2. The molecule has 29 heavy (non-hydrogen) atoms. The van der Waals surface area contributed by atoms with E-state index in [1.165, 1.54) is 12.1 Å². The summed E-state index contributed by atoms with van der Waals surface area (Å²) in [6.45, 7) is 1.26. The minimum absolute atomic E-state index is 0.144. The highest BCUT2D eigenvalue weighted by molar-refractivity contribution is 7.91. The Balaban J connectivity index is 1.45. The SMILES string of the molecule is C[C@H](NC(=O)COC(=O)CCS(=O)(=O)c1ccccc1)c1cc2ccccc2o1. The van der Waals surface area contributed by atoms with E-state index in [4.69, 9.17) is 9.15 Å². The number of hydrogen-bond donors (Lipinski definition) is 1. The first kappa shape index (κ1) is 20.6. The zero-order chi connectivity index (χ0) is 20.9. The lowest BCUT2D eigenvalue weighted by Gasteiger charge is -2.11. The number of fused-ring (bicyclic) bond motifs is 1. The Kier molecular flexibility index (Phi) is 6.33. The average molecular weight is 415 g/mol. The van der Waals surface area contributed by atoms with Crippen molar-refractivity contribution in [2.24, 2.45) is 0 Å². The minimum atomic E-state index is -3.58. The topological polar surface area (TPSA) is 103 Å². The van der Waals surface area contributed by atoms with Gasteiger partial charge in [0.05, 0.1) is 23.1 Å². The number of carbonyl (C=O) groups is 2. The average Bonchev–Trinajstić information content (AvgIpc) is 3.16. The van der Waals surface area contributed by atoms with Crippen LogP contribution in [-0.2, 0) is 24.2 Å². The van der Waals surface area contributed by atoms with E-state index >= 15 is 0 Å². The smallest absolute Gasteiger partial charge is 0.307 e. The minimum Gasteiger partial charge on any atom is -0.459 e. The van der Waals surface area contributed by atoms with Crippen LogP contribution in [0.25, 0.3) is 11.0 Å². The summed E-state index contributed by atoms with van der Waals surface area (Å²) in [4.78, 5) is 24.0. The van der Waals surface area contributed by atoms with Crippen molar-refractivity contribution in [2.45, 2.75) is 24.3 Å². The molecule has 152 valence electrons. The van der Waals surface area contributed by atoms with Crippen molar-refractivity contribution >= 4 is 32.7 Å². The largest absolute Gasteiger partial charge is 0.459 e. The van der Waals surface area contributed by atoms with Gasteiger partial charge >= 0.3 is 5.97 Å². The van der Waals surface area contributed by atoms with Crippen molar-refractivity contribution in [3.05, 3.63) is 66.4 Å². The van der Waals surface area contributed by atoms with Crippen LogP contribution in [0.2, 0.25) is 0 Å². The van der Waals surface area contributed by atoms with Crippen LogP contribution >= 0.6 is 0 Å². The molecule has 0 unspecified atom stereocenters. The van der Waals surface area contributed by atoms with Crippen molar-refractivity contribution in [1.29, 1.82) is 0 Å². The standard InChI is InChI=1S/C21H21NO6S/c1-15(19-13-16-7-5-6-10-18(16)28-19)22-20(23)14-27-21(24)11-12-29(25,26)17-8-3-2-4-9-17/h2-10,13,15H,11-12,14H2,1H3,(H,22,23)/t15-/m0/s1. The van der Waals surface area contributed by atoms with Gasteiger partial charge in [0.25, 0.3) is 5.91 Å². The van der Waals surface area contributed by atoms with Gasteiger partial charge in [-0.05, 0) is 31.2 Å². The Morgan fingerprint density at radius 1 is 1.07 bits per heavy atom. The van der Waals surface area contributed by atoms with Crippen LogP contribution in [-0.4, -0.2) is 32.7 Å². The maximum Gasteiger partial charge on any atom is 0.307 e. The molecule has 8 heteroatoms. The summed E-state index contributed by atoms with van der Waals surface area (Å²) in [7, 11) is -3.58. The molecule has 0 radical (unpaired) electrons. The molecule has 1 aromatic heterocycles. The number of para-hydroxylation sites is 1. The molecular weight excluding hydrogens is 394 g/mol. The molecule has 0 bridgehead atoms. The monoisotopic (exact) mass is 415 g/mol. The first-order chi connectivity index (χ1) is 13.8. The Hall–Kier alpha value is -3.13. The second-order valence-corrected chi connectivity index (χ2v) is 8.63. The highest BCUT2D eigenvalue weighted by Crippen LogP contribution is 2.23. The Labute approximate surface area is 168 Å². The fourth-order valence-corrected chi connectivity index (χ4v) is 3.99. The van der Waals surface area contributed by atoms with Gasteiger partial charge in [-0.2, -0.15) is 0 Å². The van der Waals surface area contributed by atoms with Crippen molar-refractivity contribution in [1.82, 2.24) is 5.32 Å². The number of hydrogen-bond acceptors (Lipinski definition) is 6. The van der Waals surface area contributed by atoms with Gasteiger partial charge in [0.2, 0.25) is 0 Å². The number of benzene rings is 2. The van der Waals surface area contributed by atoms with E-state index in [1.807, 2.05) is 30.3 Å². The van der Waals surface area contributed by atoms with Gasteiger partial charge in [-0.3, -0.25) is 9.59 Å². The van der Waals surface area contributed by atoms with Gasteiger partial charge < -0.3 is 14.5 Å². The van der Waals surface area contributed by atoms with Crippen molar-refractivity contribution in [3.8, 4) is 0 Å². The zero-order valence-corrected chi connectivity index (χ0v) is 16.6. The van der Waals surface area contributed by atoms with Gasteiger partial charge in [0.15, 0.2) is 16.4 Å². The van der Waals surface area contributed by atoms with E-state index in [0.29, 0.717) is 5.76 Å². The van der Waals surface area contributed by atoms with Gasteiger partial charge in [0.1, 0.15) is 11.3 Å². The molecule has 7 nitrogen and oxygen atoms in total. The molecule has 1 atom stereocenters.